The van der Waals surface area contributed by atoms with E-state index in [-0.39, 0.29) is 24.8 Å². The fraction of sp³-hybridized carbons (Fsp3) is 0.267. The molecule has 0 saturated carbocycles. The van der Waals surface area contributed by atoms with Crippen molar-refractivity contribution in [3.05, 3.63) is 119 Å². The topological polar surface area (TPSA) is 0 Å². The van der Waals surface area contributed by atoms with Crippen molar-refractivity contribution in [2.45, 2.75) is 45.4 Å². The molecule has 1 aliphatic heterocycles. The van der Waals surface area contributed by atoms with Gasteiger partial charge in [0.15, 0.2) is 0 Å². The van der Waals surface area contributed by atoms with Gasteiger partial charge in [-0.25, -0.2) is 0 Å². The molecule has 6 atom stereocenters. The molecule has 3 aliphatic rings. The van der Waals surface area contributed by atoms with E-state index in [1.807, 2.05) is 0 Å². The maximum atomic E-state index is 2.54. The fourth-order valence-electron chi connectivity index (χ4n) is 6.40. The molecule has 0 radical (unpaired) electrons. The normalized spacial score (nSPS) is 26.2. The summed E-state index contributed by atoms with van der Waals surface area (Å²) in [5.74, 6) is 1.31. The Balaban J connectivity index is 0.00000137. The number of halogens is 2. The van der Waals surface area contributed by atoms with E-state index in [1.165, 1.54) is 30.0 Å². The molecule has 0 amide bonds. The van der Waals surface area contributed by atoms with Gasteiger partial charge in [-0.05, 0) is 0 Å². The molecule has 34 heavy (non-hydrogen) atoms. The van der Waals surface area contributed by atoms with Crippen LogP contribution in [0.3, 0.4) is 0 Å². The zero-order valence-electron chi connectivity index (χ0n) is 19.2. The number of allylic oxidation sites excluding steroid dienone is 2. The second-order valence-corrected chi connectivity index (χ2v) is 14.9. The summed E-state index contributed by atoms with van der Waals surface area (Å²) in [5.41, 5.74) is 9.55. The van der Waals surface area contributed by atoms with Gasteiger partial charge in [0.25, 0.3) is 0 Å². The van der Waals surface area contributed by atoms with Crippen LogP contribution in [0.15, 0.2) is 91.0 Å². The molecule has 2 aliphatic carbocycles. The van der Waals surface area contributed by atoms with E-state index in [0.717, 1.165) is 14.7 Å². The number of hydrogen-bond donors (Lipinski definition) is 0. The SMILES string of the molecule is [Cl-].[Cl-].[Zr+2][CH](CCC1C=Cc2ccccc21)C1C(C2C=Cc3ccccc32)[SiH]1Cc1ccccc1. The fourth-order valence-corrected chi connectivity index (χ4v) is 14.6. The van der Waals surface area contributed by atoms with Gasteiger partial charge in [0.2, 0.25) is 0 Å². The van der Waals surface area contributed by atoms with Crippen molar-refractivity contribution in [1.82, 2.24) is 0 Å². The van der Waals surface area contributed by atoms with Crippen molar-refractivity contribution in [3.8, 4) is 0 Å². The van der Waals surface area contributed by atoms with Crippen LogP contribution in [-0.4, -0.2) is 8.80 Å². The van der Waals surface area contributed by atoms with Gasteiger partial charge in [0, 0.05) is 0 Å². The van der Waals surface area contributed by atoms with E-state index in [4.69, 9.17) is 0 Å². The molecule has 0 spiro atoms. The number of hydrogen-bond acceptors (Lipinski definition) is 0. The first-order chi connectivity index (χ1) is 15.8. The van der Waals surface area contributed by atoms with Gasteiger partial charge in [0.05, 0.1) is 0 Å². The predicted octanol–water partition coefficient (Wildman–Crippen LogP) is 1.49. The third kappa shape index (κ3) is 5.03. The summed E-state index contributed by atoms with van der Waals surface area (Å²) < 4.78 is 0.912. The average Bonchev–Trinajstić information content (AvgIpc) is 3.18. The Kier molecular flexibility index (Phi) is 8.57. The summed E-state index contributed by atoms with van der Waals surface area (Å²) in [6.45, 7) is 0. The molecule has 1 heterocycles. The standard InChI is InChI=1S/C30H29Si.2ClH.Zr/c1-2-9-22(10-3-1)21-31-29(30(31)28-20-19-25-12-5-7-15-27(25)28)16-8-13-24-18-17-23-11-4-6-14-26(23)24;;;/h1-7,9-12,14-20,24,28-31H,8,13,21H2;2*1H;/q;;;+2/p-2. The van der Waals surface area contributed by atoms with E-state index >= 15 is 0 Å². The van der Waals surface area contributed by atoms with Crippen LogP contribution in [0.5, 0.6) is 0 Å². The zero-order chi connectivity index (χ0) is 21.5. The van der Waals surface area contributed by atoms with Crippen LogP contribution in [0, 0.1) is 0 Å². The monoisotopic (exact) mass is 577 g/mol. The molecule has 0 nitrogen and oxygen atoms in total. The van der Waals surface area contributed by atoms with Crippen LogP contribution < -0.4 is 24.8 Å². The first-order valence-corrected chi connectivity index (χ1v) is 15.7. The molecule has 4 heteroatoms. The van der Waals surface area contributed by atoms with Gasteiger partial charge in [-0.3, -0.25) is 0 Å². The van der Waals surface area contributed by atoms with Gasteiger partial charge in [-0.1, -0.05) is 0 Å². The molecule has 1 saturated heterocycles. The van der Waals surface area contributed by atoms with Crippen molar-refractivity contribution < 1.29 is 49.5 Å². The van der Waals surface area contributed by atoms with Crippen molar-refractivity contribution in [2.75, 3.05) is 0 Å². The Morgan fingerprint density at radius 3 is 2.12 bits per heavy atom. The van der Waals surface area contributed by atoms with E-state index in [9.17, 15) is 0 Å². The molecule has 171 valence electrons. The predicted molar refractivity (Wildman–Crippen MR) is 134 cm³/mol. The summed E-state index contributed by atoms with van der Waals surface area (Å²) in [4.78, 5) is 0. The second-order valence-electron chi connectivity index (χ2n) is 9.80. The Morgan fingerprint density at radius 2 is 1.35 bits per heavy atom. The molecule has 1 fully saturated rings. The van der Waals surface area contributed by atoms with Crippen LogP contribution >= 0.6 is 0 Å². The van der Waals surface area contributed by atoms with Crippen LogP contribution in [0.4, 0.5) is 0 Å². The van der Waals surface area contributed by atoms with E-state index in [1.54, 1.807) is 41.4 Å². The minimum absolute atomic E-state index is 0. The molecule has 0 aromatic heterocycles. The van der Waals surface area contributed by atoms with Crippen molar-refractivity contribution in [2.24, 2.45) is 0 Å². The summed E-state index contributed by atoms with van der Waals surface area (Å²) in [6.07, 6.45) is 12.4. The second kappa shape index (κ2) is 11.3. The van der Waals surface area contributed by atoms with E-state index < -0.39 is 8.80 Å². The molecular formula is C30H29Cl2SiZr. The van der Waals surface area contributed by atoms with Crippen molar-refractivity contribution in [1.29, 1.82) is 0 Å². The first-order valence-electron chi connectivity index (χ1n) is 12.1. The number of benzene rings is 3. The van der Waals surface area contributed by atoms with E-state index in [0.29, 0.717) is 11.8 Å². The molecule has 3 aromatic rings. The third-order valence-electron chi connectivity index (χ3n) is 8.02. The van der Waals surface area contributed by atoms with Gasteiger partial charge in [-0.15, -0.1) is 0 Å². The van der Waals surface area contributed by atoms with Crippen molar-refractivity contribution >= 4 is 20.9 Å². The molecule has 6 unspecified atom stereocenters. The minimum atomic E-state index is -0.826. The van der Waals surface area contributed by atoms with E-state index in [2.05, 4.69) is 103 Å². The maximum absolute atomic E-state index is 2.54. The van der Waals surface area contributed by atoms with Crippen molar-refractivity contribution in [3.63, 3.8) is 0 Å². The zero-order valence-corrected chi connectivity index (χ0v) is 24.3. The summed E-state index contributed by atoms with van der Waals surface area (Å²) in [6, 6.07) is 30.8. The number of rotatable bonds is 7. The Hall–Kier alpha value is -1.18. The average molecular weight is 580 g/mol. The Morgan fingerprint density at radius 1 is 0.735 bits per heavy atom. The number of fused-ring (bicyclic) bond motifs is 2. The first kappa shape index (κ1) is 25.9. The van der Waals surface area contributed by atoms with Crippen LogP contribution in [-0.2, 0) is 30.8 Å². The molecular weight excluding hydrogens is 551 g/mol. The summed E-state index contributed by atoms with van der Waals surface area (Å²) in [7, 11) is -0.826. The molecule has 6 rings (SSSR count). The quantitative estimate of drug-likeness (QED) is 0.373. The summed E-state index contributed by atoms with van der Waals surface area (Å²) in [5, 5.41) is 0. The molecule has 0 bridgehead atoms. The van der Waals surface area contributed by atoms with Crippen LogP contribution in [0.1, 0.15) is 52.5 Å². The van der Waals surface area contributed by atoms with Gasteiger partial charge in [-0.2, -0.15) is 0 Å². The van der Waals surface area contributed by atoms with Crippen LogP contribution in [0.2, 0.25) is 14.7 Å². The third-order valence-corrected chi connectivity index (χ3v) is 14.8. The van der Waals surface area contributed by atoms with Gasteiger partial charge < -0.3 is 24.8 Å². The summed E-state index contributed by atoms with van der Waals surface area (Å²) >= 11 is 1.76. The molecule has 0 N–H and O–H groups in total. The molecule has 3 aromatic carbocycles. The Labute approximate surface area is 233 Å². The Bertz CT molecular complexity index is 1180. The van der Waals surface area contributed by atoms with Gasteiger partial charge >= 0.3 is 210 Å². The van der Waals surface area contributed by atoms with Gasteiger partial charge in [0.1, 0.15) is 0 Å². The van der Waals surface area contributed by atoms with Crippen LogP contribution in [0.25, 0.3) is 12.2 Å².